The molecule has 0 saturated carbocycles. The van der Waals surface area contributed by atoms with E-state index in [4.69, 9.17) is 0 Å². The van der Waals surface area contributed by atoms with Crippen molar-refractivity contribution in [1.29, 1.82) is 0 Å². The molecule has 1 aliphatic heterocycles. The number of hydrogen-bond acceptors (Lipinski definition) is 3. The summed E-state index contributed by atoms with van der Waals surface area (Å²) in [6.45, 7) is 1.94. The molecule has 2 N–H and O–H groups in total. The summed E-state index contributed by atoms with van der Waals surface area (Å²) in [5.74, 6) is -0.448. The van der Waals surface area contributed by atoms with Crippen molar-refractivity contribution in [1.82, 2.24) is 5.32 Å². The van der Waals surface area contributed by atoms with Crippen LogP contribution in [0.3, 0.4) is 0 Å². The molecule has 2 rings (SSSR count). The molecule has 1 heterocycles. The summed E-state index contributed by atoms with van der Waals surface area (Å²) in [5, 5.41) is 4.96. The number of anilines is 1. The van der Waals surface area contributed by atoms with Gasteiger partial charge in [0.15, 0.2) is 0 Å². The molecule has 100 valence electrons. The predicted octanol–water partition coefficient (Wildman–Crippen LogP) is 1.34. The van der Waals surface area contributed by atoms with Crippen LogP contribution in [-0.2, 0) is 19.8 Å². The van der Waals surface area contributed by atoms with E-state index < -0.39 is 5.41 Å². The van der Waals surface area contributed by atoms with Gasteiger partial charge in [0.2, 0.25) is 18.2 Å². The molecule has 0 radical (unpaired) electrons. The molecule has 5 nitrogen and oxygen atoms in total. The van der Waals surface area contributed by atoms with Crippen molar-refractivity contribution >= 4 is 23.9 Å². The summed E-state index contributed by atoms with van der Waals surface area (Å²) >= 11 is 0. The van der Waals surface area contributed by atoms with Gasteiger partial charge in [-0.05, 0) is 30.5 Å². The molecule has 0 spiro atoms. The van der Waals surface area contributed by atoms with Gasteiger partial charge in [-0.15, -0.1) is 0 Å². The number of nitrogens with one attached hydrogen (secondary N) is 2. The minimum Gasteiger partial charge on any atom is -0.329 e. The first-order valence-electron chi connectivity index (χ1n) is 6.27. The lowest BCUT2D eigenvalue weighted by molar-refractivity contribution is -0.138. The molecule has 0 aromatic heterocycles. The van der Waals surface area contributed by atoms with E-state index in [0.29, 0.717) is 31.4 Å². The molecule has 1 saturated heterocycles. The summed E-state index contributed by atoms with van der Waals surface area (Å²) in [6.07, 6.45) is 2.12. The molecule has 1 unspecified atom stereocenters. The van der Waals surface area contributed by atoms with Gasteiger partial charge in [0, 0.05) is 12.1 Å². The van der Waals surface area contributed by atoms with Crippen molar-refractivity contribution < 1.29 is 14.4 Å². The quantitative estimate of drug-likeness (QED) is 0.633. The Morgan fingerprint density at radius 1 is 1.32 bits per heavy atom. The molecule has 0 bridgehead atoms. The van der Waals surface area contributed by atoms with Crippen LogP contribution in [-0.4, -0.2) is 18.2 Å². The monoisotopic (exact) mass is 260 g/mol. The van der Waals surface area contributed by atoms with Crippen molar-refractivity contribution in [2.75, 3.05) is 5.32 Å². The number of piperidine rings is 1. The number of amides is 3. The standard InChI is InChI=1S/C14H16N2O3/c1-2-14(8-7-12(18)16-13(14)19)10-3-5-11(6-4-10)15-9-17/h3-6,9H,2,7-8H2,1H3,(H,15,17)(H,16,18,19). The Labute approximate surface area is 111 Å². The highest BCUT2D eigenvalue weighted by molar-refractivity contribution is 6.03. The molecule has 3 amide bonds. The first-order chi connectivity index (χ1) is 9.12. The first kappa shape index (κ1) is 13.3. The molecule has 1 fully saturated rings. The van der Waals surface area contributed by atoms with E-state index in [1.807, 2.05) is 19.1 Å². The van der Waals surface area contributed by atoms with Gasteiger partial charge in [0.05, 0.1) is 5.41 Å². The average Bonchev–Trinajstić information content (AvgIpc) is 2.41. The van der Waals surface area contributed by atoms with E-state index >= 15 is 0 Å². The van der Waals surface area contributed by atoms with Crippen molar-refractivity contribution in [3.63, 3.8) is 0 Å². The molecular formula is C14H16N2O3. The van der Waals surface area contributed by atoms with Gasteiger partial charge in [-0.1, -0.05) is 19.1 Å². The van der Waals surface area contributed by atoms with Gasteiger partial charge in [0.25, 0.3) is 0 Å². The normalized spacial score (nSPS) is 22.8. The lowest BCUT2D eigenvalue weighted by atomic mass is 9.72. The number of rotatable bonds is 4. The zero-order valence-electron chi connectivity index (χ0n) is 10.7. The van der Waals surface area contributed by atoms with Crippen LogP contribution >= 0.6 is 0 Å². The molecule has 0 aliphatic carbocycles. The lowest BCUT2D eigenvalue weighted by Crippen LogP contribution is -2.51. The zero-order chi connectivity index (χ0) is 13.9. The van der Waals surface area contributed by atoms with Crippen LogP contribution < -0.4 is 10.6 Å². The molecule has 1 aliphatic rings. The van der Waals surface area contributed by atoms with Crippen molar-refractivity contribution in [2.24, 2.45) is 0 Å². The largest absolute Gasteiger partial charge is 0.329 e. The van der Waals surface area contributed by atoms with Crippen molar-refractivity contribution in [3.8, 4) is 0 Å². The van der Waals surface area contributed by atoms with Crippen LogP contribution in [0.5, 0.6) is 0 Å². The van der Waals surface area contributed by atoms with Crippen LogP contribution in [0.4, 0.5) is 5.69 Å². The highest BCUT2D eigenvalue weighted by atomic mass is 16.2. The molecule has 1 aromatic rings. The van der Waals surface area contributed by atoms with Gasteiger partial charge >= 0.3 is 0 Å². The van der Waals surface area contributed by atoms with E-state index in [1.54, 1.807) is 12.1 Å². The van der Waals surface area contributed by atoms with Gasteiger partial charge in [-0.3, -0.25) is 19.7 Å². The summed E-state index contributed by atoms with van der Waals surface area (Å²) in [6, 6.07) is 7.16. The second kappa shape index (κ2) is 5.22. The van der Waals surface area contributed by atoms with Gasteiger partial charge < -0.3 is 5.32 Å². The van der Waals surface area contributed by atoms with Gasteiger partial charge in [-0.2, -0.15) is 0 Å². The molecular weight excluding hydrogens is 244 g/mol. The van der Waals surface area contributed by atoms with E-state index in [2.05, 4.69) is 10.6 Å². The Morgan fingerprint density at radius 2 is 2.00 bits per heavy atom. The Bertz CT molecular complexity index is 510. The third-order valence-corrected chi connectivity index (χ3v) is 3.73. The maximum absolute atomic E-state index is 12.2. The third-order valence-electron chi connectivity index (χ3n) is 3.73. The second-order valence-electron chi connectivity index (χ2n) is 4.65. The molecule has 19 heavy (non-hydrogen) atoms. The fourth-order valence-electron chi connectivity index (χ4n) is 2.52. The van der Waals surface area contributed by atoms with Crippen LogP contribution in [0.15, 0.2) is 24.3 Å². The summed E-state index contributed by atoms with van der Waals surface area (Å²) in [5.41, 5.74) is 0.905. The van der Waals surface area contributed by atoms with Crippen LogP contribution in [0.25, 0.3) is 0 Å². The Morgan fingerprint density at radius 3 is 2.53 bits per heavy atom. The third kappa shape index (κ3) is 2.36. The minimum atomic E-state index is -0.645. The lowest BCUT2D eigenvalue weighted by Gasteiger charge is -2.35. The maximum atomic E-state index is 12.2. The minimum absolute atomic E-state index is 0.215. The van der Waals surface area contributed by atoms with Crippen LogP contribution in [0, 0.1) is 0 Å². The van der Waals surface area contributed by atoms with Crippen LogP contribution in [0.1, 0.15) is 31.7 Å². The maximum Gasteiger partial charge on any atom is 0.237 e. The Hall–Kier alpha value is -2.17. The van der Waals surface area contributed by atoms with Crippen molar-refractivity contribution in [3.05, 3.63) is 29.8 Å². The number of carbonyl (C=O) groups is 3. The van der Waals surface area contributed by atoms with Crippen molar-refractivity contribution in [2.45, 2.75) is 31.6 Å². The molecule has 1 atom stereocenters. The molecule has 1 aromatic carbocycles. The first-order valence-corrected chi connectivity index (χ1v) is 6.27. The van der Waals surface area contributed by atoms with E-state index in [1.165, 1.54) is 0 Å². The number of carbonyl (C=O) groups excluding carboxylic acids is 3. The summed E-state index contributed by atoms with van der Waals surface area (Å²) < 4.78 is 0. The number of hydrogen-bond donors (Lipinski definition) is 2. The highest BCUT2D eigenvalue weighted by Crippen LogP contribution is 2.36. The second-order valence-corrected chi connectivity index (χ2v) is 4.65. The fraction of sp³-hybridized carbons (Fsp3) is 0.357. The summed E-state index contributed by atoms with van der Waals surface area (Å²) in [4.78, 5) is 33.8. The van der Waals surface area contributed by atoms with E-state index in [9.17, 15) is 14.4 Å². The topological polar surface area (TPSA) is 75.3 Å². The number of imide groups is 1. The van der Waals surface area contributed by atoms with Gasteiger partial charge in [0.1, 0.15) is 0 Å². The predicted molar refractivity (Wildman–Crippen MR) is 70.5 cm³/mol. The van der Waals surface area contributed by atoms with Crippen LogP contribution in [0.2, 0.25) is 0 Å². The Balaban J connectivity index is 2.33. The summed E-state index contributed by atoms with van der Waals surface area (Å²) in [7, 11) is 0. The Kier molecular flexibility index (Phi) is 3.64. The zero-order valence-corrected chi connectivity index (χ0v) is 10.7. The smallest absolute Gasteiger partial charge is 0.237 e. The average molecular weight is 260 g/mol. The van der Waals surface area contributed by atoms with E-state index in [0.717, 1.165) is 5.56 Å². The van der Waals surface area contributed by atoms with Gasteiger partial charge in [-0.25, -0.2) is 0 Å². The fourth-order valence-corrected chi connectivity index (χ4v) is 2.52. The number of benzene rings is 1. The molecule has 5 heteroatoms. The highest BCUT2D eigenvalue weighted by Gasteiger charge is 2.42. The SMILES string of the molecule is CCC1(c2ccc(NC=O)cc2)CCC(=O)NC1=O. The van der Waals surface area contributed by atoms with E-state index in [-0.39, 0.29) is 11.8 Å².